The fraction of sp³-hybridized carbons (Fsp3) is 0.652. The van der Waals surface area contributed by atoms with Crippen molar-refractivity contribution < 1.29 is 9.59 Å². The van der Waals surface area contributed by atoms with Crippen molar-refractivity contribution in [2.75, 3.05) is 5.32 Å². The lowest BCUT2D eigenvalue weighted by atomic mass is 9.72. The van der Waals surface area contributed by atoms with Crippen LogP contribution in [0.3, 0.4) is 0 Å². The molecule has 0 saturated heterocycles. The van der Waals surface area contributed by atoms with Crippen LogP contribution in [0.25, 0.3) is 0 Å². The molecule has 0 aliphatic heterocycles. The first kappa shape index (κ1) is 22.0. The van der Waals surface area contributed by atoms with Crippen LogP contribution in [0.1, 0.15) is 78.2 Å². The van der Waals surface area contributed by atoms with Gasteiger partial charge in [-0.1, -0.05) is 64.2 Å². The fourth-order valence-corrected chi connectivity index (χ4v) is 4.65. The van der Waals surface area contributed by atoms with Gasteiger partial charge in [-0.25, -0.2) is 0 Å². The summed E-state index contributed by atoms with van der Waals surface area (Å²) >= 11 is 4.04. The quantitative estimate of drug-likeness (QED) is 0.536. The topological polar surface area (TPSA) is 46.2 Å². The van der Waals surface area contributed by atoms with Gasteiger partial charge in [-0.15, -0.1) is 12.6 Å². The highest BCUT2D eigenvalue weighted by Crippen LogP contribution is 2.38. The van der Waals surface area contributed by atoms with E-state index in [4.69, 9.17) is 0 Å². The van der Waals surface area contributed by atoms with E-state index in [-0.39, 0.29) is 16.9 Å². The SMILES string of the molecule is CCCC(CC)C1CCC[C@H](C(=O)Nc2ccccc2C(C)(C)C(=O)S)C1. The number of rotatable bonds is 8. The number of benzene rings is 1. The lowest BCUT2D eigenvalue weighted by Crippen LogP contribution is -2.32. The number of carbonyl (C=O) groups excluding carboxylic acids is 2. The van der Waals surface area contributed by atoms with Crippen molar-refractivity contribution in [1.29, 1.82) is 0 Å². The summed E-state index contributed by atoms with van der Waals surface area (Å²) in [6.07, 6.45) is 8.01. The molecule has 0 heterocycles. The zero-order valence-electron chi connectivity index (χ0n) is 17.3. The van der Waals surface area contributed by atoms with Gasteiger partial charge >= 0.3 is 0 Å². The second-order valence-electron chi connectivity index (χ2n) is 8.55. The van der Waals surface area contributed by atoms with E-state index in [1.54, 1.807) is 0 Å². The van der Waals surface area contributed by atoms with E-state index < -0.39 is 5.41 Å². The number of hydrogen-bond donors (Lipinski definition) is 2. The highest BCUT2D eigenvalue weighted by molar-refractivity contribution is 7.96. The van der Waals surface area contributed by atoms with Gasteiger partial charge in [0, 0.05) is 11.6 Å². The van der Waals surface area contributed by atoms with Gasteiger partial charge in [0.05, 0.1) is 5.41 Å². The summed E-state index contributed by atoms with van der Waals surface area (Å²) in [6.45, 7) is 8.22. The molecule has 3 atom stereocenters. The van der Waals surface area contributed by atoms with E-state index in [0.29, 0.717) is 5.92 Å². The summed E-state index contributed by atoms with van der Waals surface area (Å²) in [5.74, 6) is 1.56. The van der Waals surface area contributed by atoms with E-state index in [1.165, 1.54) is 25.7 Å². The first-order valence-corrected chi connectivity index (χ1v) is 10.9. The fourth-order valence-electron chi connectivity index (χ4n) is 4.52. The molecule has 1 saturated carbocycles. The minimum Gasteiger partial charge on any atom is -0.326 e. The predicted octanol–water partition coefficient (Wildman–Crippen LogP) is 5.99. The van der Waals surface area contributed by atoms with Crippen LogP contribution in [-0.2, 0) is 15.0 Å². The summed E-state index contributed by atoms with van der Waals surface area (Å²) in [4.78, 5) is 25.0. The Morgan fingerprint density at radius 3 is 2.56 bits per heavy atom. The van der Waals surface area contributed by atoms with Crippen molar-refractivity contribution in [2.45, 2.75) is 78.1 Å². The molecule has 1 aromatic rings. The van der Waals surface area contributed by atoms with Crippen LogP contribution in [0.4, 0.5) is 5.69 Å². The third kappa shape index (κ3) is 5.37. The molecule has 3 nitrogen and oxygen atoms in total. The third-order valence-corrected chi connectivity index (χ3v) is 6.89. The maximum absolute atomic E-state index is 13.0. The molecular weight excluding hydrogens is 354 g/mol. The minimum atomic E-state index is -0.740. The number of hydrogen-bond acceptors (Lipinski definition) is 2. The van der Waals surface area contributed by atoms with Crippen LogP contribution < -0.4 is 5.32 Å². The van der Waals surface area contributed by atoms with Crippen LogP contribution in [-0.4, -0.2) is 11.0 Å². The van der Waals surface area contributed by atoms with Gasteiger partial charge in [-0.05, 0) is 50.2 Å². The van der Waals surface area contributed by atoms with Gasteiger partial charge in [0.15, 0.2) is 5.12 Å². The van der Waals surface area contributed by atoms with Gasteiger partial charge in [-0.3, -0.25) is 9.59 Å². The maximum Gasteiger partial charge on any atom is 0.227 e. The minimum absolute atomic E-state index is 0.0672. The molecule has 1 N–H and O–H groups in total. The number of nitrogens with one attached hydrogen (secondary N) is 1. The molecule has 1 amide bonds. The normalized spacial score (nSPS) is 21.5. The third-order valence-electron chi connectivity index (χ3n) is 6.33. The molecule has 0 aromatic heterocycles. The summed E-state index contributed by atoms with van der Waals surface area (Å²) in [6, 6.07) is 7.59. The first-order valence-electron chi connectivity index (χ1n) is 10.4. The lowest BCUT2D eigenvalue weighted by molar-refractivity contribution is -0.121. The van der Waals surface area contributed by atoms with Crippen LogP contribution in [0.5, 0.6) is 0 Å². The largest absolute Gasteiger partial charge is 0.326 e. The molecule has 1 aliphatic rings. The highest BCUT2D eigenvalue weighted by atomic mass is 32.1. The van der Waals surface area contributed by atoms with Crippen molar-refractivity contribution in [2.24, 2.45) is 17.8 Å². The molecule has 2 rings (SSSR count). The summed E-state index contributed by atoms with van der Waals surface area (Å²) in [5.41, 5.74) is 0.817. The summed E-state index contributed by atoms with van der Waals surface area (Å²) in [5, 5.41) is 2.92. The van der Waals surface area contributed by atoms with Crippen LogP contribution in [0, 0.1) is 17.8 Å². The molecule has 2 unspecified atom stereocenters. The molecule has 0 spiro atoms. The molecule has 1 aliphatic carbocycles. The maximum atomic E-state index is 13.0. The predicted molar refractivity (Wildman–Crippen MR) is 116 cm³/mol. The Bertz CT molecular complexity index is 656. The van der Waals surface area contributed by atoms with Gasteiger partial charge in [0.1, 0.15) is 0 Å². The molecule has 0 bridgehead atoms. The van der Waals surface area contributed by atoms with Gasteiger partial charge < -0.3 is 5.32 Å². The van der Waals surface area contributed by atoms with E-state index >= 15 is 0 Å². The summed E-state index contributed by atoms with van der Waals surface area (Å²) in [7, 11) is 0. The van der Waals surface area contributed by atoms with E-state index in [0.717, 1.165) is 36.4 Å². The van der Waals surface area contributed by atoms with Gasteiger partial charge in [-0.2, -0.15) is 0 Å². The van der Waals surface area contributed by atoms with Crippen molar-refractivity contribution in [3.05, 3.63) is 29.8 Å². The lowest BCUT2D eigenvalue weighted by Gasteiger charge is -2.34. The molecule has 1 fully saturated rings. The van der Waals surface area contributed by atoms with Gasteiger partial charge in [0.2, 0.25) is 5.91 Å². The van der Waals surface area contributed by atoms with Crippen LogP contribution in [0.2, 0.25) is 0 Å². The molecule has 150 valence electrons. The van der Waals surface area contributed by atoms with E-state index in [1.807, 2.05) is 38.1 Å². The zero-order valence-corrected chi connectivity index (χ0v) is 18.1. The molecule has 27 heavy (non-hydrogen) atoms. The van der Waals surface area contributed by atoms with E-state index in [2.05, 4.69) is 31.8 Å². The number of amides is 1. The second kappa shape index (κ2) is 9.77. The summed E-state index contributed by atoms with van der Waals surface area (Å²) < 4.78 is 0. The van der Waals surface area contributed by atoms with Crippen molar-refractivity contribution in [3.8, 4) is 0 Å². The average molecular weight is 390 g/mol. The number of anilines is 1. The van der Waals surface area contributed by atoms with Crippen LogP contribution in [0.15, 0.2) is 24.3 Å². The Morgan fingerprint density at radius 1 is 1.22 bits per heavy atom. The smallest absolute Gasteiger partial charge is 0.227 e. The van der Waals surface area contributed by atoms with Crippen molar-refractivity contribution in [1.82, 2.24) is 0 Å². The molecular formula is C23H35NO2S. The van der Waals surface area contributed by atoms with Gasteiger partial charge in [0.25, 0.3) is 0 Å². The first-order chi connectivity index (χ1) is 12.8. The Kier molecular flexibility index (Phi) is 7.96. The molecule has 4 heteroatoms. The average Bonchev–Trinajstić information content (AvgIpc) is 2.66. The highest BCUT2D eigenvalue weighted by Gasteiger charge is 2.33. The number of thiol groups is 1. The Hall–Kier alpha value is -1.29. The van der Waals surface area contributed by atoms with Crippen molar-refractivity contribution >= 4 is 29.3 Å². The van der Waals surface area contributed by atoms with E-state index in [9.17, 15) is 9.59 Å². The second-order valence-corrected chi connectivity index (χ2v) is 8.95. The number of para-hydroxylation sites is 1. The Labute approximate surface area is 170 Å². The standard InChI is InChI=1S/C23H35NO2S/c1-5-10-16(6-2)17-11-9-12-18(15-17)21(25)24-20-14-8-7-13-19(20)23(3,4)22(26)27/h7-8,13-14,16-18H,5-6,9-12,15H2,1-4H3,(H,24,25)(H,26,27)/t16?,17?,18-/m0/s1. The molecule has 1 aromatic carbocycles. The number of carbonyl (C=O) groups is 2. The molecule has 0 radical (unpaired) electrons. The Balaban J connectivity index is 2.13. The van der Waals surface area contributed by atoms with Crippen molar-refractivity contribution in [3.63, 3.8) is 0 Å². The zero-order chi connectivity index (χ0) is 20.0. The van der Waals surface area contributed by atoms with Crippen LogP contribution >= 0.6 is 12.6 Å². The Morgan fingerprint density at radius 2 is 1.93 bits per heavy atom. The monoisotopic (exact) mass is 389 g/mol.